The van der Waals surface area contributed by atoms with Crippen molar-refractivity contribution >= 4 is 17.2 Å². The zero-order valence-electron chi connectivity index (χ0n) is 13.9. The average molecular weight is 321 g/mol. The van der Waals surface area contributed by atoms with E-state index >= 15 is 0 Å². The molecule has 4 heteroatoms. The maximum absolute atomic E-state index is 12.7. The Balaban J connectivity index is 1.63. The second-order valence-corrected chi connectivity index (χ2v) is 8.76. The molecule has 0 spiro atoms. The van der Waals surface area contributed by atoms with Crippen molar-refractivity contribution < 1.29 is 4.79 Å². The Kier molecular flexibility index (Phi) is 4.60. The predicted molar refractivity (Wildman–Crippen MR) is 91.9 cm³/mol. The molecule has 1 heterocycles. The van der Waals surface area contributed by atoms with Gasteiger partial charge in [-0.05, 0) is 69.9 Å². The minimum atomic E-state index is 0.105. The van der Waals surface area contributed by atoms with Crippen LogP contribution in [0.1, 0.15) is 60.4 Å². The van der Waals surface area contributed by atoms with E-state index < -0.39 is 0 Å². The van der Waals surface area contributed by atoms with Crippen LogP contribution in [-0.2, 0) is 4.79 Å². The highest BCUT2D eigenvalue weighted by molar-refractivity contribution is 7.12. The van der Waals surface area contributed by atoms with Crippen LogP contribution >= 0.6 is 11.3 Å². The van der Waals surface area contributed by atoms with Crippen molar-refractivity contribution in [3.63, 3.8) is 0 Å². The molecule has 3 rings (SSSR count). The summed E-state index contributed by atoms with van der Waals surface area (Å²) in [6, 6.07) is 2.64. The molecule has 22 heavy (non-hydrogen) atoms. The van der Waals surface area contributed by atoms with Crippen LogP contribution in [0.15, 0.2) is 6.07 Å². The summed E-state index contributed by atoms with van der Waals surface area (Å²) in [5.74, 6) is 1.52. The largest absolute Gasteiger partial charge is 0.349 e. The first-order valence-corrected chi connectivity index (χ1v) is 9.40. The summed E-state index contributed by atoms with van der Waals surface area (Å²) in [5.41, 5.74) is 7.60. The molecule has 2 bridgehead atoms. The Morgan fingerprint density at radius 3 is 2.50 bits per heavy atom. The zero-order valence-corrected chi connectivity index (χ0v) is 14.7. The minimum Gasteiger partial charge on any atom is -0.349 e. The third kappa shape index (κ3) is 3.09. The van der Waals surface area contributed by atoms with E-state index in [9.17, 15) is 4.79 Å². The number of nitrogens with two attached hydrogens (primary N) is 1. The second kappa shape index (κ2) is 6.32. The number of fused-ring (bicyclic) bond motifs is 2. The third-order valence-corrected chi connectivity index (χ3v) is 6.67. The van der Waals surface area contributed by atoms with Gasteiger partial charge in [-0.2, -0.15) is 0 Å². The maximum Gasteiger partial charge on any atom is 0.223 e. The molecule has 1 aromatic rings. The van der Waals surface area contributed by atoms with Gasteiger partial charge in [-0.15, -0.1) is 11.3 Å². The van der Waals surface area contributed by atoms with Crippen LogP contribution in [0.25, 0.3) is 0 Å². The van der Waals surface area contributed by atoms with Crippen LogP contribution in [0.2, 0.25) is 0 Å². The third-order valence-electron chi connectivity index (χ3n) is 5.69. The Bertz CT molecular complexity index is 539. The van der Waals surface area contributed by atoms with Gasteiger partial charge in [-0.25, -0.2) is 0 Å². The van der Waals surface area contributed by atoms with Crippen LogP contribution in [0.5, 0.6) is 0 Å². The molecular formula is C18H28N2OS. The molecule has 0 aliphatic heterocycles. The fraction of sp³-hybridized carbons (Fsp3) is 0.722. The van der Waals surface area contributed by atoms with E-state index in [1.165, 1.54) is 34.6 Å². The molecule has 0 saturated heterocycles. The summed E-state index contributed by atoms with van der Waals surface area (Å²) < 4.78 is 0. The number of amides is 1. The molecule has 3 atom stereocenters. The zero-order chi connectivity index (χ0) is 15.9. The predicted octanol–water partition coefficient (Wildman–Crippen LogP) is 3.70. The fourth-order valence-corrected chi connectivity index (χ4v) is 5.51. The first kappa shape index (κ1) is 16.0. The summed E-state index contributed by atoms with van der Waals surface area (Å²) in [4.78, 5) is 15.3. The normalized spacial score (nSPS) is 32.5. The van der Waals surface area contributed by atoms with E-state index in [2.05, 4.69) is 32.2 Å². The lowest BCUT2D eigenvalue weighted by atomic mass is 9.65. The Labute approximate surface area is 137 Å². The number of hydrogen-bond donors (Lipinski definition) is 2. The molecule has 0 radical (unpaired) electrons. The van der Waals surface area contributed by atoms with Crippen LogP contribution in [-0.4, -0.2) is 11.9 Å². The number of hydrogen-bond acceptors (Lipinski definition) is 3. The molecule has 3 N–H and O–H groups in total. The number of thiophene rings is 1. The van der Waals surface area contributed by atoms with Crippen LogP contribution in [0, 0.1) is 31.6 Å². The highest BCUT2D eigenvalue weighted by Crippen LogP contribution is 2.42. The lowest BCUT2D eigenvalue weighted by Gasteiger charge is -2.43. The molecule has 2 aliphatic rings. The quantitative estimate of drug-likeness (QED) is 0.892. The SMILES string of the molecule is Cc1cc(C(C)NC(=O)C2CC3CCCC(C2)C3N)c(C)s1. The number of carbonyl (C=O) groups is 1. The summed E-state index contributed by atoms with van der Waals surface area (Å²) in [6.45, 7) is 6.36. The Morgan fingerprint density at radius 2 is 1.95 bits per heavy atom. The molecule has 2 aliphatic carbocycles. The monoisotopic (exact) mass is 320 g/mol. The van der Waals surface area contributed by atoms with Gasteiger partial charge in [0, 0.05) is 21.7 Å². The number of rotatable bonds is 3. The summed E-state index contributed by atoms with van der Waals surface area (Å²) >= 11 is 1.81. The van der Waals surface area contributed by atoms with Gasteiger partial charge in [-0.3, -0.25) is 4.79 Å². The Morgan fingerprint density at radius 1 is 1.32 bits per heavy atom. The van der Waals surface area contributed by atoms with Gasteiger partial charge in [-0.1, -0.05) is 6.42 Å². The highest BCUT2D eigenvalue weighted by Gasteiger charge is 2.40. The van der Waals surface area contributed by atoms with E-state index in [0.29, 0.717) is 17.9 Å². The molecule has 2 saturated carbocycles. The van der Waals surface area contributed by atoms with Gasteiger partial charge >= 0.3 is 0 Å². The molecule has 2 fully saturated rings. The minimum absolute atomic E-state index is 0.105. The highest BCUT2D eigenvalue weighted by atomic mass is 32.1. The first-order valence-electron chi connectivity index (χ1n) is 8.58. The number of aryl methyl sites for hydroxylation is 2. The van der Waals surface area contributed by atoms with Crippen molar-refractivity contribution in [3.8, 4) is 0 Å². The molecule has 122 valence electrons. The van der Waals surface area contributed by atoms with Gasteiger partial charge in [0.1, 0.15) is 0 Å². The van der Waals surface area contributed by atoms with E-state index in [1.54, 1.807) is 11.3 Å². The van der Waals surface area contributed by atoms with E-state index in [-0.39, 0.29) is 17.9 Å². The topological polar surface area (TPSA) is 55.1 Å². The van der Waals surface area contributed by atoms with Crippen LogP contribution < -0.4 is 11.1 Å². The van der Waals surface area contributed by atoms with Gasteiger partial charge in [0.15, 0.2) is 0 Å². The molecule has 1 amide bonds. The molecule has 3 unspecified atom stereocenters. The van der Waals surface area contributed by atoms with Crippen molar-refractivity contribution in [2.75, 3.05) is 0 Å². The second-order valence-electron chi connectivity index (χ2n) is 7.30. The van der Waals surface area contributed by atoms with Crippen molar-refractivity contribution in [2.45, 2.75) is 65.0 Å². The van der Waals surface area contributed by atoms with Crippen LogP contribution in [0.3, 0.4) is 0 Å². The van der Waals surface area contributed by atoms with E-state index in [1.807, 2.05) is 0 Å². The van der Waals surface area contributed by atoms with Crippen molar-refractivity contribution in [1.29, 1.82) is 0 Å². The standard InChI is InChI=1S/C18H28N2OS/c1-10-7-16(12(3)22-10)11(2)20-18(21)15-8-13-5-4-6-14(9-15)17(13)19/h7,11,13-15,17H,4-6,8-9,19H2,1-3H3,(H,20,21). The lowest BCUT2D eigenvalue weighted by Crippen LogP contribution is -2.49. The van der Waals surface area contributed by atoms with Gasteiger partial charge < -0.3 is 11.1 Å². The maximum atomic E-state index is 12.7. The summed E-state index contributed by atoms with van der Waals surface area (Å²) in [6.07, 6.45) is 5.68. The van der Waals surface area contributed by atoms with Crippen LogP contribution in [0.4, 0.5) is 0 Å². The molecular weight excluding hydrogens is 292 g/mol. The smallest absolute Gasteiger partial charge is 0.223 e. The van der Waals surface area contributed by atoms with Gasteiger partial charge in [0.05, 0.1) is 6.04 Å². The van der Waals surface area contributed by atoms with Crippen molar-refractivity contribution in [2.24, 2.45) is 23.5 Å². The molecule has 3 nitrogen and oxygen atoms in total. The van der Waals surface area contributed by atoms with Gasteiger partial charge in [0.25, 0.3) is 0 Å². The number of carbonyl (C=O) groups excluding carboxylic acids is 1. The van der Waals surface area contributed by atoms with E-state index in [4.69, 9.17) is 5.73 Å². The van der Waals surface area contributed by atoms with Crippen molar-refractivity contribution in [1.82, 2.24) is 5.32 Å². The summed E-state index contributed by atoms with van der Waals surface area (Å²) in [7, 11) is 0. The molecule has 0 aromatic carbocycles. The van der Waals surface area contributed by atoms with Crippen molar-refractivity contribution in [3.05, 3.63) is 21.4 Å². The average Bonchev–Trinajstić information content (AvgIpc) is 2.77. The fourth-order valence-electron chi connectivity index (χ4n) is 4.49. The van der Waals surface area contributed by atoms with E-state index in [0.717, 1.165) is 12.8 Å². The summed E-state index contributed by atoms with van der Waals surface area (Å²) in [5, 5.41) is 3.25. The first-order chi connectivity index (χ1) is 10.5. The number of nitrogens with one attached hydrogen (secondary N) is 1. The van der Waals surface area contributed by atoms with Gasteiger partial charge in [0.2, 0.25) is 5.91 Å². The molecule has 1 aromatic heterocycles. The lowest BCUT2D eigenvalue weighted by molar-refractivity contribution is -0.128. The Hall–Kier alpha value is -0.870.